The van der Waals surface area contributed by atoms with E-state index in [1.165, 1.54) is 0 Å². The van der Waals surface area contributed by atoms with Gasteiger partial charge < -0.3 is 20.1 Å². The standard InChI is InChI=1S/C13H25N3O3/c14-3-8-19-12-1-4-15(5-2-12)11-13(17)16-6-9-18-10-7-16/h12H,1-11,14H2. The highest BCUT2D eigenvalue weighted by atomic mass is 16.5. The molecule has 0 aromatic carbocycles. The van der Waals surface area contributed by atoms with Crippen LogP contribution in [0.5, 0.6) is 0 Å². The minimum Gasteiger partial charge on any atom is -0.378 e. The zero-order chi connectivity index (χ0) is 13.5. The van der Waals surface area contributed by atoms with Gasteiger partial charge in [0.1, 0.15) is 0 Å². The molecule has 2 aliphatic rings. The first-order valence-corrected chi connectivity index (χ1v) is 7.19. The predicted molar refractivity (Wildman–Crippen MR) is 71.9 cm³/mol. The Hall–Kier alpha value is -0.690. The van der Waals surface area contributed by atoms with E-state index < -0.39 is 0 Å². The number of carbonyl (C=O) groups excluding carboxylic acids is 1. The van der Waals surface area contributed by atoms with Crippen LogP contribution >= 0.6 is 0 Å². The van der Waals surface area contributed by atoms with Gasteiger partial charge in [0.25, 0.3) is 0 Å². The number of nitrogens with two attached hydrogens (primary N) is 1. The van der Waals surface area contributed by atoms with Crippen LogP contribution in [0.3, 0.4) is 0 Å². The molecule has 0 radical (unpaired) electrons. The number of hydrogen-bond acceptors (Lipinski definition) is 5. The molecular weight excluding hydrogens is 246 g/mol. The minimum absolute atomic E-state index is 0.227. The number of carbonyl (C=O) groups is 1. The van der Waals surface area contributed by atoms with Gasteiger partial charge in [-0.25, -0.2) is 0 Å². The number of rotatable bonds is 5. The molecule has 6 heteroatoms. The Labute approximate surface area is 114 Å². The summed E-state index contributed by atoms with van der Waals surface area (Å²) in [6.07, 6.45) is 2.31. The van der Waals surface area contributed by atoms with Crippen molar-refractivity contribution in [2.24, 2.45) is 5.73 Å². The summed E-state index contributed by atoms with van der Waals surface area (Å²) in [5.41, 5.74) is 5.43. The highest BCUT2D eigenvalue weighted by Crippen LogP contribution is 2.13. The third-order valence-electron chi connectivity index (χ3n) is 3.73. The summed E-state index contributed by atoms with van der Waals surface area (Å²) in [5.74, 6) is 0.227. The van der Waals surface area contributed by atoms with Crippen molar-refractivity contribution in [2.75, 3.05) is 59.1 Å². The van der Waals surface area contributed by atoms with Crippen molar-refractivity contribution in [3.8, 4) is 0 Å². The van der Waals surface area contributed by atoms with Gasteiger partial charge in [-0.05, 0) is 12.8 Å². The van der Waals surface area contributed by atoms with Crippen molar-refractivity contribution < 1.29 is 14.3 Å². The fraction of sp³-hybridized carbons (Fsp3) is 0.923. The zero-order valence-electron chi connectivity index (χ0n) is 11.6. The highest BCUT2D eigenvalue weighted by Gasteiger charge is 2.24. The fourth-order valence-electron chi connectivity index (χ4n) is 2.57. The fourth-order valence-corrected chi connectivity index (χ4v) is 2.57. The van der Waals surface area contributed by atoms with Crippen LogP contribution in [0.4, 0.5) is 0 Å². The quantitative estimate of drug-likeness (QED) is 0.715. The summed E-state index contributed by atoms with van der Waals surface area (Å²) in [6.45, 7) is 6.42. The number of ether oxygens (including phenoxy) is 2. The molecule has 0 spiro atoms. The van der Waals surface area contributed by atoms with E-state index in [0.717, 1.165) is 39.0 Å². The molecule has 0 atom stereocenters. The molecule has 19 heavy (non-hydrogen) atoms. The molecule has 110 valence electrons. The number of piperidine rings is 1. The number of amides is 1. The molecular formula is C13H25N3O3. The van der Waals surface area contributed by atoms with Crippen LogP contribution in [0.2, 0.25) is 0 Å². The van der Waals surface area contributed by atoms with Crippen molar-refractivity contribution in [1.29, 1.82) is 0 Å². The van der Waals surface area contributed by atoms with Crippen LogP contribution < -0.4 is 5.73 Å². The molecule has 0 saturated carbocycles. The Balaban J connectivity index is 1.65. The van der Waals surface area contributed by atoms with Gasteiger partial charge in [0.15, 0.2) is 0 Å². The van der Waals surface area contributed by atoms with Crippen LogP contribution in [-0.2, 0) is 14.3 Å². The lowest BCUT2D eigenvalue weighted by Crippen LogP contribution is -2.48. The molecule has 2 fully saturated rings. The molecule has 0 aromatic rings. The Kier molecular flexibility index (Phi) is 6.03. The van der Waals surface area contributed by atoms with Crippen molar-refractivity contribution in [3.05, 3.63) is 0 Å². The lowest BCUT2D eigenvalue weighted by Gasteiger charge is -2.34. The van der Waals surface area contributed by atoms with Crippen LogP contribution in [0.1, 0.15) is 12.8 Å². The van der Waals surface area contributed by atoms with Gasteiger partial charge in [0.05, 0.1) is 32.5 Å². The molecule has 0 unspecified atom stereocenters. The van der Waals surface area contributed by atoms with E-state index in [0.29, 0.717) is 39.0 Å². The van der Waals surface area contributed by atoms with E-state index in [1.54, 1.807) is 0 Å². The maximum Gasteiger partial charge on any atom is 0.236 e. The maximum atomic E-state index is 12.1. The lowest BCUT2D eigenvalue weighted by atomic mass is 10.1. The normalized spacial score (nSPS) is 22.7. The number of hydrogen-bond donors (Lipinski definition) is 1. The molecule has 2 aliphatic heterocycles. The third-order valence-corrected chi connectivity index (χ3v) is 3.73. The SMILES string of the molecule is NCCOC1CCN(CC(=O)N2CCOCC2)CC1. The Bertz CT molecular complexity index is 274. The number of morpholine rings is 1. The van der Waals surface area contributed by atoms with Gasteiger partial charge in [0.2, 0.25) is 5.91 Å². The first kappa shape index (κ1) is 14.7. The zero-order valence-corrected chi connectivity index (χ0v) is 11.6. The molecule has 1 amide bonds. The Morgan fingerprint density at radius 2 is 1.89 bits per heavy atom. The van der Waals surface area contributed by atoms with E-state index in [1.807, 2.05) is 4.90 Å². The Morgan fingerprint density at radius 1 is 1.21 bits per heavy atom. The minimum atomic E-state index is 0.227. The number of likely N-dealkylation sites (tertiary alicyclic amines) is 1. The second kappa shape index (κ2) is 7.79. The topological polar surface area (TPSA) is 68.0 Å². The molecule has 2 N–H and O–H groups in total. The molecule has 6 nitrogen and oxygen atoms in total. The maximum absolute atomic E-state index is 12.1. The monoisotopic (exact) mass is 271 g/mol. The summed E-state index contributed by atoms with van der Waals surface area (Å²) in [7, 11) is 0. The number of nitrogens with zero attached hydrogens (tertiary/aromatic N) is 2. The van der Waals surface area contributed by atoms with Gasteiger partial charge in [-0.15, -0.1) is 0 Å². The lowest BCUT2D eigenvalue weighted by molar-refractivity contribution is -0.137. The van der Waals surface area contributed by atoms with Gasteiger partial charge >= 0.3 is 0 Å². The van der Waals surface area contributed by atoms with E-state index in [-0.39, 0.29) is 5.91 Å². The highest BCUT2D eigenvalue weighted by molar-refractivity contribution is 5.78. The summed E-state index contributed by atoms with van der Waals surface area (Å²) in [4.78, 5) is 16.2. The molecule has 2 rings (SSSR count). The van der Waals surface area contributed by atoms with Gasteiger partial charge in [-0.3, -0.25) is 9.69 Å². The summed E-state index contributed by atoms with van der Waals surface area (Å²) in [5, 5.41) is 0. The van der Waals surface area contributed by atoms with E-state index in [9.17, 15) is 4.79 Å². The first-order chi connectivity index (χ1) is 9.29. The molecule has 0 bridgehead atoms. The van der Waals surface area contributed by atoms with Crippen LogP contribution in [0, 0.1) is 0 Å². The average Bonchev–Trinajstić information content (AvgIpc) is 2.47. The van der Waals surface area contributed by atoms with Gasteiger partial charge in [0, 0.05) is 32.7 Å². The average molecular weight is 271 g/mol. The van der Waals surface area contributed by atoms with Crippen LogP contribution in [0.25, 0.3) is 0 Å². The van der Waals surface area contributed by atoms with E-state index >= 15 is 0 Å². The predicted octanol–water partition coefficient (Wildman–Crippen LogP) is -0.715. The third kappa shape index (κ3) is 4.72. The summed E-state index contributed by atoms with van der Waals surface area (Å²) in [6, 6.07) is 0. The second-order valence-electron chi connectivity index (χ2n) is 5.13. The second-order valence-corrected chi connectivity index (χ2v) is 5.13. The van der Waals surface area contributed by atoms with Crippen molar-refractivity contribution >= 4 is 5.91 Å². The van der Waals surface area contributed by atoms with E-state index in [4.69, 9.17) is 15.2 Å². The van der Waals surface area contributed by atoms with Crippen molar-refractivity contribution in [1.82, 2.24) is 9.80 Å². The largest absolute Gasteiger partial charge is 0.378 e. The van der Waals surface area contributed by atoms with Crippen LogP contribution in [0.15, 0.2) is 0 Å². The van der Waals surface area contributed by atoms with Gasteiger partial charge in [-0.2, -0.15) is 0 Å². The Morgan fingerprint density at radius 3 is 2.53 bits per heavy atom. The molecule has 2 saturated heterocycles. The molecule has 0 aromatic heterocycles. The van der Waals surface area contributed by atoms with Crippen molar-refractivity contribution in [3.63, 3.8) is 0 Å². The van der Waals surface area contributed by atoms with Crippen LogP contribution in [-0.4, -0.2) is 80.9 Å². The molecule has 2 heterocycles. The summed E-state index contributed by atoms with van der Waals surface area (Å²) >= 11 is 0. The molecule has 0 aliphatic carbocycles. The summed E-state index contributed by atoms with van der Waals surface area (Å²) < 4.78 is 10.9. The van der Waals surface area contributed by atoms with E-state index in [2.05, 4.69) is 4.90 Å². The van der Waals surface area contributed by atoms with Crippen molar-refractivity contribution in [2.45, 2.75) is 18.9 Å². The smallest absolute Gasteiger partial charge is 0.236 e. The first-order valence-electron chi connectivity index (χ1n) is 7.19. The van der Waals surface area contributed by atoms with Gasteiger partial charge in [-0.1, -0.05) is 0 Å².